The topological polar surface area (TPSA) is 96.3 Å². The number of halogens is 2. The molecule has 0 unspecified atom stereocenters. The number of carbonyl (C=O) groups is 1. The van der Waals surface area contributed by atoms with Crippen molar-refractivity contribution in [2.45, 2.75) is 38.8 Å². The van der Waals surface area contributed by atoms with Gasteiger partial charge in [-0.05, 0) is 45.9 Å². The summed E-state index contributed by atoms with van der Waals surface area (Å²) in [6.07, 6.45) is -0.887. The van der Waals surface area contributed by atoms with Gasteiger partial charge in [-0.1, -0.05) is 15.9 Å². The molecule has 1 N–H and O–H groups in total. The van der Waals surface area contributed by atoms with Crippen LogP contribution in [-0.2, 0) is 20.1 Å². The van der Waals surface area contributed by atoms with Gasteiger partial charge in [-0.2, -0.15) is 5.26 Å². The molecule has 1 aromatic carbocycles. The van der Waals surface area contributed by atoms with Gasteiger partial charge in [0.2, 0.25) is 0 Å². The van der Waals surface area contributed by atoms with Crippen molar-refractivity contribution in [1.29, 1.82) is 5.26 Å². The van der Waals surface area contributed by atoms with Crippen molar-refractivity contribution in [1.82, 2.24) is 5.32 Å². The number of ether oxygens (including phenoxy) is 1. The van der Waals surface area contributed by atoms with Gasteiger partial charge in [-0.3, -0.25) is 0 Å². The zero-order chi connectivity index (χ0) is 19.5. The summed E-state index contributed by atoms with van der Waals surface area (Å²) < 4.78 is 44.3. The second-order valence-electron chi connectivity index (χ2n) is 6.77. The molecule has 6 nitrogen and oxygen atoms in total. The van der Waals surface area contributed by atoms with E-state index in [1.165, 1.54) is 19.1 Å². The molecular weight excluding hydrogens is 415 g/mol. The Morgan fingerprint density at radius 3 is 2.48 bits per heavy atom. The van der Waals surface area contributed by atoms with Crippen LogP contribution in [0.25, 0.3) is 0 Å². The summed E-state index contributed by atoms with van der Waals surface area (Å²) in [6.45, 7) is 6.32. The van der Waals surface area contributed by atoms with Crippen LogP contribution in [0.5, 0.6) is 0 Å². The van der Waals surface area contributed by atoms with Crippen molar-refractivity contribution < 1.29 is 22.3 Å². The number of nitrogens with one attached hydrogen (secondary N) is 1. The predicted molar refractivity (Wildman–Crippen MR) is 95.1 cm³/mol. The highest BCUT2D eigenvalue weighted by Gasteiger charge is 2.37. The van der Waals surface area contributed by atoms with Crippen LogP contribution in [0.4, 0.5) is 9.18 Å². The van der Waals surface area contributed by atoms with Crippen molar-refractivity contribution >= 4 is 31.9 Å². The van der Waals surface area contributed by atoms with Crippen molar-refractivity contribution in [2.24, 2.45) is 0 Å². The molecule has 1 rings (SSSR count). The third-order valence-corrected chi connectivity index (χ3v) is 5.17. The number of nitrogens with zero attached hydrogens (tertiary/aromatic N) is 1. The quantitative estimate of drug-likeness (QED) is 0.766. The van der Waals surface area contributed by atoms with Gasteiger partial charge in [0.05, 0.1) is 17.4 Å². The van der Waals surface area contributed by atoms with E-state index in [2.05, 4.69) is 21.2 Å². The molecule has 0 aromatic heterocycles. The largest absolute Gasteiger partial charge is 0.444 e. The lowest BCUT2D eigenvalue weighted by Gasteiger charge is -2.32. The lowest BCUT2D eigenvalue weighted by atomic mass is 9.93. The second kappa shape index (κ2) is 7.70. The van der Waals surface area contributed by atoms with Crippen LogP contribution < -0.4 is 5.32 Å². The van der Waals surface area contributed by atoms with E-state index in [0.29, 0.717) is 4.47 Å². The van der Waals surface area contributed by atoms with Gasteiger partial charge in [0.25, 0.3) is 0 Å². The van der Waals surface area contributed by atoms with Crippen LogP contribution >= 0.6 is 15.9 Å². The maximum absolute atomic E-state index is 14.3. The molecule has 9 heteroatoms. The van der Waals surface area contributed by atoms with Crippen molar-refractivity contribution in [3.63, 3.8) is 0 Å². The molecule has 0 saturated carbocycles. The van der Waals surface area contributed by atoms with E-state index in [0.717, 1.165) is 6.07 Å². The lowest BCUT2D eigenvalue weighted by Crippen LogP contribution is -2.50. The number of carbonyl (C=O) groups excluding carboxylic acids is 1. The minimum absolute atomic E-state index is 0.0331. The fourth-order valence-corrected chi connectivity index (χ4v) is 3.99. The summed E-state index contributed by atoms with van der Waals surface area (Å²) in [4.78, 5) is 12.2. The van der Waals surface area contributed by atoms with E-state index < -0.39 is 44.4 Å². The number of hydrogen-bond donors (Lipinski definition) is 1. The SMILES string of the molecule is CC(C)(C)OC(=O)N[C@@](C)(CS(=O)(=O)CC#N)c1cc(Br)ccc1F. The molecule has 0 heterocycles. The maximum atomic E-state index is 14.3. The van der Waals surface area contributed by atoms with Gasteiger partial charge in [0.1, 0.15) is 17.2 Å². The fourth-order valence-electron chi connectivity index (χ4n) is 2.22. The zero-order valence-electron chi connectivity index (χ0n) is 14.4. The summed E-state index contributed by atoms with van der Waals surface area (Å²) in [6, 6.07) is 5.56. The highest BCUT2D eigenvalue weighted by Crippen LogP contribution is 2.29. The first-order valence-corrected chi connectivity index (χ1v) is 9.93. The van der Waals surface area contributed by atoms with Gasteiger partial charge in [0, 0.05) is 10.0 Å². The summed E-state index contributed by atoms with van der Waals surface area (Å²) in [5.41, 5.74) is -2.47. The summed E-state index contributed by atoms with van der Waals surface area (Å²) in [5.74, 6) is -2.08. The third-order valence-electron chi connectivity index (χ3n) is 3.09. The van der Waals surface area contributed by atoms with Crippen molar-refractivity contribution in [2.75, 3.05) is 11.5 Å². The van der Waals surface area contributed by atoms with Crippen LogP contribution in [0.15, 0.2) is 22.7 Å². The van der Waals surface area contributed by atoms with E-state index in [9.17, 15) is 17.6 Å². The highest BCUT2D eigenvalue weighted by atomic mass is 79.9. The van der Waals surface area contributed by atoms with Crippen LogP contribution in [0.3, 0.4) is 0 Å². The number of hydrogen-bond acceptors (Lipinski definition) is 5. The van der Waals surface area contributed by atoms with Gasteiger partial charge < -0.3 is 10.1 Å². The van der Waals surface area contributed by atoms with E-state index in [4.69, 9.17) is 10.00 Å². The minimum Gasteiger partial charge on any atom is -0.444 e. The molecule has 0 aliphatic heterocycles. The number of rotatable bonds is 5. The molecule has 25 heavy (non-hydrogen) atoms. The highest BCUT2D eigenvalue weighted by molar-refractivity contribution is 9.10. The molecule has 0 fully saturated rings. The van der Waals surface area contributed by atoms with Gasteiger partial charge in [-0.15, -0.1) is 0 Å². The van der Waals surface area contributed by atoms with E-state index in [-0.39, 0.29) is 5.56 Å². The van der Waals surface area contributed by atoms with Crippen LogP contribution in [0.1, 0.15) is 33.3 Å². The molecular formula is C16H20BrFN2O4S. The van der Waals surface area contributed by atoms with Gasteiger partial charge in [0.15, 0.2) is 9.84 Å². The maximum Gasteiger partial charge on any atom is 0.408 e. The van der Waals surface area contributed by atoms with E-state index in [1.54, 1.807) is 26.8 Å². The molecule has 0 bridgehead atoms. The number of alkyl carbamates (subject to hydrolysis) is 1. The zero-order valence-corrected chi connectivity index (χ0v) is 16.8. The Morgan fingerprint density at radius 1 is 1.36 bits per heavy atom. The fraction of sp³-hybridized carbons (Fsp3) is 0.500. The molecule has 0 saturated heterocycles. The Labute approximate surface area is 155 Å². The van der Waals surface area contributed by atoms with Crippen molar-refractivity contribution in [3.8, 4) is 6.07 Å². The first-order valence-electron chi connectivity index (χ1n) is 7.32. The average molecular weight is 435 g/mol. The van der Waals surface area contributed by atoms with Gasteiger partial charge >= 0.3 is 6.09 Å². The Morgan fingerprint density at radius 2 is 1.96 bits per heavy atom. The summed E-state index contributed by atoms with van der Waals surface area (Å²) in [5, 5.41) is 11.1. The normalized spacial score (nSPS) is 14.3. The Kier molecular flexibility index (Phi) is 6.59. The van der Waals surface area contributed by atoms with Crippen LogP contribution in [-0.4, -0.2) is 31.6 Å². The Balaban J connectivity index is 3.34. The standard InChI is InChI=1S/C16H20BrFN2O4S/c1-15(2,3)24-14(21)20-16(4,10-25(22,23)8-7-19)12-9-11(17)5-6-13(12)18/h5-6,9H,8,10H2,1-4H3,(H,20,21)/t16-/m0/s1. The minimum atomic E-state index is -3.87. The van der Waals surface area contributed by atoms with Crippen LogP contribution in [0.2, 0.25) is 0 Å². The molecule has 0 aliphatic rings. The predicted octanol–water partition coefficient (Wildman–Crippen LogP) is 3.27. The first-order chi connectivity index (χ1) is 11.3. The molecule has 1 aromatic rings. The summed E-state index contributed by atoms with van der Waals surface area (Å²) in [7, 11) is -3.87. The summed E-state index contributed by atoms with van der Waals surface area (Å²) >= 11 is 3.20. The average Bonchev–Trinajstić information content (AvgIpc) is 2.37. The molecule has 1 amide bonds. The smallest absolute Gasteiger partial charge is 0.408 e. The third kappa shape index (κ3) is 6.63. The molecule has 0 spiro atoms. The van der Waals surface area contributed by atoms with E-state index >= 15 is 0 Å². The first kappa shape index (κ1) is 21.4. The Hall–Kier alpha value is -1.66. The second-order valence-corrected chi connectivity index (χ2v) is 9.75. The number of sulfone groups is 1. The number of benzene rings is 1. The monoisotopic (exact) mass is 434 g/mol. The Bertz CT molecular complexity index is 799. The van der Waals surface area contributed by atoms with E-state index in [1.807, 2.05) is 0 Å². The molecule has 0 radical (unpaired) electrons. The number of nitriles is 1. The molecule has 138 valence electrons. The number of amides is 1. The molecule has 1 atom stereocenters. The van der Waals surface area contributed by atoms with Crippen LogP contribution in [0, 0.1) is 17.1 Å². The van der Waals surface area contributed by atoms with Crippen molar-refractivity contribution in [3.05, 3.63) is 34.1 Å². The van der Waals surface area contributed by atoms with Gasteiger partial charge in [-0.25, -0.2) is 17.6 Å². The molecule has 0 aliphatic carbocycles. The lowest BCUT2D eigenvalue weighted by molar-refractivity contribution is 0.0470.